The first-order chi connectivity index (χ1) is 8.07. The van der Waals surface area contributed by atoms with Crippen LogP contribution in [0.2, 0.25) is 0 Å². The number of rotatable bonds is 5. The predicted octanol–water partition coefficient (Wildman–Crippen LogP) is 2.04. The second-order valence-corrected chi connectivity index (χ2v) is 3.95. The minimum atomic E-state index is 0.233. The topological polar surface area (TPSA) is 72.2 Å². The number of allylic oxidation sites excluding steroid dienone is 2. The molecule has 0 aromatic heterocycles. The fourth-order valence-electron chi connectivity index (χ4n) is 1.52. The van der Waals surface area contributed by atoms with Gasteiger partial charge in [-0.1, -0.05) is 6.08 Å². The molecule has 0 fully saturated rings. The summed E-state index contributed by atoms with van der Waals surface area (Å²) < 4.78 is 5.31. The van der Waals surface area contributed by atoms with Gasteiger partial charge >= 0.3 is 0 Å². The third-order valence-corrected chi connectivity index (χ3v) is 2.67. The van der Waals surface area contributed by atoms with Crippen LogP contribution in [0.1, 0.15) is 26.2 Å². The maximum Gasteiger partial charge on any atom is 0.182 e. The van der Waals surface area contributed by atoms with Crippen LogP contribution in [-0.4, -0.2) is 30.3 Å². The standard InChI is InChI=1S/C12H20N4O/c1-4-5-6-7-10(13)16(3)12(14)11-9(2)15-8-17-11/h4,13-15H,1,5-8H2,2-3H3. The molecular weight excluding hydrogens is 216 g/mol. The van der Waals surface area contributed by atoms with Gasteiger partial charge in [0.05, 0.1) is 5.70 Å². The molecule has 17 heavy (non-hydrogen) atoms. The van der Waals surface area contributed by atoms with Gasteiger partial charge in [-0.25, -0.2) is 0 Å². The second-order valence-electron chi connectivity index (χ2n) is 3.95. The Labute approximate surface area is 102 Å². The van der Waals surface area contributed by atoms with Gasteiger partial charge in [0.2, 0.25) is 0 Å². The molecule has 1 heterocycles. The summed E-state index contributed by atoms with van der Waals surface area (Å²) in [5.41, 5.74) is 0.848. The van der Waals surface area contributed by atoms with Gasteiger partial charge in [-0.05, 0) is 19.8 Å². The Morgan fingerprint density at radius 2 is 2.29 bits per heavy atom. The SMILES string of the molecule is C=CCCCC(=N)N(C)C(=N)C1=C(C)NCO1. The quantitative estimate of drug-likeness (QED) is 0.296. The van der Waals surface area contributed by atoms with Crippen LogP contribution in [0.15, 0.2) is 24.1 Å². The molecule has 5 nitrogen and oxygen atoms in total. The molecule has 5 heteroatoms. The molecule has 0 spiro atoms. The molecule has 0 aromatic rings. The van der Waals surface area contributed by atoms with Gasteiger partial charge in [0.1, 0.15) is 5.84 Å². The molecule has 3 N–H and O–H groups in total. The maximum atomic E-state index is 7.98. The molecule has 0 saturated carbocycles. The molecule has 0 aromatic carbocycles. The Morgan fingerprint density at radius 3 is 2.82 bits per heavy atom. The molecule has 0 atom stereocenters. The highest BCUT2D eigenvalue weighted by Gasteiger charge is 2.21. The van der Waals surface area contributed by atoms with E-state index in [9.17, 15) is 0 Å². The maximum absolute atomic E-state index is 7.98. The van der Waals surface area contributed by atoms with Crippen LogP contribution in [0.4, 0.5) is 0 Å². The monoisotopic (exact) mass is 236 g/mol. The predicted molar refractivity (Wildman–Crippen MR) is 69.1 cm³/mol. The smallest absolute Gasteiger partial charge is 0.182 e. The third-order valence-electron chi connectivity index (χ3n) is 2.67. The zero-order valence-corrected chi connectivity index (χ0v) is 10.5. The number of ether oxygens (including phenoxy) is 1. The average molecular weight is 236 g/mol. The zero-order chi connectivity index (χ0) is 12.8. The summed E-state index contributed by atoms with van der Waals surface area (Å²) >= 11 is 0. The Kier molecular flexibility index (Phi) is 4.75. The van der Waals surface area contributed by atoms with Gasteiger partial charge in [-0.2, -0.15) is 0 Å². The Bertz CT molecular complexity index is 360. The summed E-state index contributed by atoms with van der Waals surface area (Å²) in [5.74, 6) is 1.18. The van der Waals surface area contributed by atoms with Crippen LogP contribution in [0.5, 0.6) is 0 Å². The Hall–Kier alpha value is -1.78. The van der Waals surface area contributed by atoms with Crippen molar-refractivity contribution < 1.29 is 4.74 Å². The molecule has 94 valence electrons. The first-order valence-corrected chi connectivity index (χ1v) is 5.66. The fourth-order valence-corrected chi connectivity index (χ4v) is 1.52. The lowest BCUT2D eigenvalue weighted by Gasteiger charge is -2.20. The van der Waals surface area contributed by atoms with Crippen LogP contribution in [0.25, 0.3) is 0 Å². The number of unbranched alkanes of at least 4 members (excludes halogenated alkanes) is 1. The van der Waals surface area contributed by atoms with Gasteiger partial charge in [0.25, 0.3) is 0 Å². The molecule has 1 aliphatic heterocycles. The normalized spacial score (nSPS) is 14.0. The van der Waals surface area contributed by atoms with Crippen molar-refractivity contribution in [2.45, 2.75) is 26.2 Å². The Balaban J connectivity index is 2.54. The molecule has 0 saturated heterocycles. The number of hydrogen-bond acceptors (Lipinski definition) is 4. The number of likely N-dealkylation sites (N-methyl/N-ethyl adjacent to an activating group) is 1. The molecule has 1 rings (SSSR count). The van der Waals surface area contributed by atoms with Crippen molar-refractivity contribution in [1.82, 2.24) is 10.2 Å². The van der Waals surface area contributed by atoms with E-state index < -0.39 is 0 Å². The van der Waals surface area contributed by atoms with E-state index in [-0.39, 0.29) is 5.84 Å². The number of nitrogens with zero attached hydrogens (tertiary/aromatic N) is 1. The second kappa shape index (κ2) is 6.08. The van der Waals surface area contributed by atoms with Gasteiger partial charge in [-0.15, -0.1) is 6.58 Å². The van der Waals surface area contributed by atoms with E-state index >= 15 is 0 Å². The summed E-state index contributed by atoms with van der Waals surface area (Å²) in [6.45, 7) is 5.92. The van der Waals surface area contributed by atoms with Crippen molar-refractivity contribution in [3.05, 3.63) is 24.1 Å². The fraction of sp³-hybridized carbons (Fsp3) is 0.500. The van der Waals surface area contributed by atoms with Gasteiger partial charge in [0.15, 0.2) is 18.3 Å². The molecule has 0 radical (unpaired) electrons. The van der Waals surface area contributed by atoms with Crippen LogP contribution in [0.3, 0.4) is 0 Å². The Morgan fingerprint density at radius 1 is 1.59 bits per heavy atom. The zero-order valence-electron chi connectivity index (χ0n) is 10.5. The molecular formula is C12H20N4O. The van der Waals surface area contributed by atoms with Crippen molar-refractivity contribution in [2.24, 2.45) is 0 Å². The van der Waals surface area contributed by atoms with Gasteiger partial charge in [-0.3, -0.25) is 10.8 Å². The number of amidine groups is 2. The van der Waals surface area contributed by atoms with Gasteiger partial charge in [0, 0.05) is 13.5 Å². The summed E-state index contributed by atoms with van der Waals surface area (Å²) in [6.07, 6.45) is 4.26. The average Bonchev–Trinajstić information content (AvgIpc) is 2.73. The molecule has 0 bridgehead atoms. The van der Waals surface area contributed by atoms with Crippen molar-refractivity contribution >= 4 is 11.7 Å². The van der Waals surface area contributed by atoms with E-state index in [1.54, 1.807) is 11.9 Å². The van der Waals surface area contributed by atoms with E-state index in [2.05, 4.69) is 11.9 Å². The van der Waals surface area contributed by atoms with Crippen LogP contribution in [-0.2, 0) is 4.74 Å². The van der Waals surface area contributed by atoms with Gasteiger partial charge < -0.3 is 15.0 Å². The highest BCUT2D eigenvalue weighted by Crippen LogP contribution is 2.13. The van der Waals surface area contributed by atoms with Crippen LogP contribution < -0.4 is 5.32 Å². The van der Waals surface area contributed by atoms with E-state index in [1.165, 1.54) is 0 Å². The summed E-state index contributed by atoms with van der Waals surface area (Å²) in [7, 11) is 1.72. The third kappa shape index (κ3) is 3.34. The van der Waals surface area contributed by atoms with E-state index in [4.69, 9.17) is 15.6 Å². The number of nitrogens with one attached hydrogen (secondary N) is 3. The highest BCUT2D eigenvalue weighted by molar-refractivity contribution is 6.05. The first-order valence-electron chi connectivity index (χ1n) is 5.66. The molecule has 1 aliphatic rings. The molecule has 0 unspecified atom stereocenters. The van der Waals surface area contributed by atoms with Crippen molar-refractivity contribution in [3.8, 4) is 0 Å². The van der Waals surface area contributed by atoms with E-state index in [1.807, 2.05) is 13.0 Å². The van der Waals surface area contributed by atoms with Crippen molar-refractivity contribution in [1.29, 1.82) is 10.8 Å². The lowest BCUT2D eigenvalue weighted by Crippen LogP contribution is -2.33. The minimum absolute atomic E-state index is 0.233. The lowest BCUT2D eigenvalue weighted by atomic mass is 10.2. The van der Waals surface area contributed by atoms with Crippen molar-refractivity contribution in [3.63, 3.8) is 0 Å². The highest BCUT2D eigenvalue weighted by atomic mass is 16.5. The largest absolute Gasteiger partial charge is 0.468 e. The lowest BCUT2D eigenvalue weighted by molar-refractivity contribution is 0.246. The molecule has 0 amide bonds. The van der Waals surface area contributed by atoms with Crippen LogP contribution in [0, 0.1) is 10.8 Å². The summed E-state index contributed by atoms with van der Waals surface area (Å²) in [4.78, 5) is 1.55. The van der Waals surface area contributed by atoms with E-state index in [0.29, 0.717) is 24.7 Å². The summed E-state index contributed by atoms with van der Waals surface area (Å²) in [6, 6.07) is 0. The first kappa shape index (κ1) is 13.3. The van der Waals surface area contributed by atoms with Crippen LogP contribution >= 0.6 is 0 Å². The summed E-state index contributed by atoms with van der Waals surface area (Å²) in [5, 5.41) is 18.9. The number of hydrogen-bond donors (Lipinski definition) is 3. The van der Waals surface area contributed by atoms with E-state index in [0.717, 1.165) is 18.5 Å². The molecule has 0 aliphatic carbocycles. The van der Waals surface area contributed by atoms with Crippen molar-refractivity contribution in [2.75, 3.05) is 13.8 Å². The minimum Gasteiger partial charge on any atom is -0.468 e.